The van der Waals surface area contributed by atoms with Crippen molar-refractivity contribution in [1.82, 2.24) is 4.90 Å². The second kappa shape index (κ2) is 2.42. The maximum Gasteiger partial charge on any atom is 0.0197 e. The molecule has 1 aliphatic rings. The zero-order chi connectivity index (χ0) is 6.85. The molecule has 0 radical (unpaired) electrons. The Morgan fingerprint density at radius 2 is 2.33 bits per heavy atom. The first-order valence-electron chi connectivity index (χ1n) is 3.59. The van der Waals surface area contributed by atoms with Gasteiger partial charge < -0.3 is 4.90 Å². The maximum atomic E-state index is 3.96. The minimum absolute atomic E-state index is 0.862. The van der Waals surface area contributed by atoms with Crippen LogP contribution in [0.2, 0.25) is 0 Å². The molecule has 52 valence electrons. The Kier molecular flexibility index (Phi) is 1.79. The van der Waals surface area contributed by atoms with Crippen LogP contribution in [0.15, 0.2) is 12.3 Å². The number of likely N-dealkylation sites (tertiary alicyclic amines) is 1. The zero-order valence-corrected chi connectivity index (χ0v) is 6.35. The van der Waals surface area contributed by atoms with Crippen LogP contribution >= 0.6 is 0 Å². The van der Waals surface area contributed by atoms with E-state index in [-0.39, 0.29) is 0 Å². The van der Waals surface area contributed by atoms with Gasteiger partial charge in [0.05, 0.1) is 0 Å². The molecule has 0 spiro atoms. The molecule has 0 bridgehead atoms. The van der Waals surface area contributed by atoms with Gasteiger partial charge in [-0.2, -0.15) is 0 Å². The number of allylic oxidation sites excluding steroid dienone is 1. The van der Waals surface area contributed by atoms with Crippen molar-refractivity contribution in [3.63, 3.8) is 0 Å². The minimum Gasteiger partial charge on any atom is -0.378 e. The van der Waals surface area contributed by atoms with E-state index in [0.29, 0.717) is 0 Å². The summed E-state index contributed by atoms with van der Waals surface area (Å²) in [6.45, 7) is 7.44. The van der Waals surface area contributed by atoms with Crippen LogP contribution in [0.25, 0.3) is 0 Å². The molecule has 1 atom stereocenters. The number of hydrogen-bond donors (Lipinski definition) is 0. The van der Waals surface area contributed by atoms with E-state index in [4.69, 9.17) is 0 Å². The van der Waals surface area contributed by atoms with Crippen LogP contribution in [0.5, 0.6) is 0 Å². The Bertz CT molecular complexity index is 118. The van der Waals surface area contributed by atoms with Crippen molar-refractivity contribution in [2.24, 2.45) is 5.92 Å². The number of piperidine rings is 1. The molecule has 0 aromatic carbocycles. The Labute approximate surface area is 57.4 Å². The summed E-state index contributed by atoms with van der Waals surface area (Å²) in [6.07, 6.45) is 2.51. The van der Waals surface area contributed by atoms with Gasteiger partial charge in [0.15, 0.2) is 0 Å². The summed E-state index contributed by atoms with van der Waals surface area (Å²) in [5.74, 6) is 0.862. The van der Waals surface area contributed by atoms with Crippen molar-refractivity contribution in [3.8, 4) is 0 Å². The first-order valence-corrected chi connectivity index (χ1v) is 3.59. The summed E-state index contributed by atoms with van der Waals surface area (Å²) in [5.41, 5.74) is 1.30. The summed E-state index contributed by atoms with van der Waals surface area (Å²) in [7, 11) is 2.12. The predicted octanol–water partition coefficient (Wildman–Crippen LogP) is 1.86. The lowest BCUT2D eigenvalue weighted by molar-refractivity contribution is 0.279. The van der Waals surface area contributed by atoms with E-state index in [0.717, 1.165) is 5.92 Å². The molecule has 1 nitrogen and oxygen atoms in total. The number of hydrogen-bond acceptors (Lipinski definition) is 1. The first kappa shape index (κ1) is 6.66. The monoisotopic (exact) mass is 125 g/mol. The summed E-state index contributed by atoms with van der Waals surface area (Å²) in [4.78, 5) is 2.26. The molecule has 1 heterocycles. The molecule has 1 unspecified atom stereocenters. The highest BCUT2D eigenvalue weighted by molar-refractivity contribution is 4.96. The van der Waals surface area contributed by atoms with Gasteiger partial charge in [0.1, 0.15) is 0 Å². The predicted molar refractivity (Wildman–Crippen MR) is 40.2 cm³/mol. The van der Waals surface area contributed by atoms with Gasteiger partial charge in [-0.15, -0.1) is 0 Å². The molecular formula is C8H15N. The molecule has 1 saturated heterocycles. The van der Waals surface area contributed by atoms with E-state index < -0.39 is 0 Å². The highest BCUT2D eigenvalue weighted by atomic mass is 15.1. The summed E-state index contributed by atoms with van der Waals surface area (Å²) in [6, 6.07) is 0. The third-order valence-electron chi connectivity index (χ3n) is 2.05. The normalized spacial score (nSPS) is 28.9. The molecule has 1 fully saturated rings. The number of rotatable bonds is 0. The van der Waals surface area contributed by atoms with Crippen LogP contribution in [0.3, 0.4) is 0 Å². The van der Waals surface area contributed by atoms with Crippen molar-refractivity contribution < 1.29 is 0 Å². The number of nitrogens with zero attached hydrogens (tertiary/aromatic N) is 1. The summed E-state index contributed by atoms with van der Waals surface area (Å²) in [5, 5.41) is 0. The SMILES string of the molecule is C=C1CCC(C)CN1C. The average molecular weight is 125 g/mol. The van der Waals surface area contributed by atoms with Crippen molar-refractivity contribution in [2.45, 2.75) is 19.8 Å². The second-order valence-electron chi connectivity index (χ2n) is 3.09. The minimum atomic E-state index is 0.862. The Morgan fingerprint density at radius 3 is 2.78 bits per heavy atom. The fraction of sp³-hybridized carbons (Fsp3) is 0.750. The van der Waals surface area contributed by atoms with Gasteiger partial charge in [0, 0.05) is 19.3 Å². The first-order chi connectivity index (χ1) is 4.20. The smallest absolute Gasteiger partial charge is 0.0197 e. The van der Waals surface area contributed by atoms with Crippen LogP contribution < -0.4 is 0 Å². The Balaban J connectivity index is 2.44. The van der Waals surface area contributed by atoms with Gasteiger partial charge in [-0.05, 0) is 18.8 Å². The molecule has 0 amide bonds. The van der Waals surface area contributed by atoms with Crippen molar-refractivity contribution in [3.05, 3.63) is 12.3 Å². The van der Waals surface area contributed by atoms with Gasteiger partial charge in [0.25, 0.3) is 0 Å². The average Bonchev–Trinajstić information content (AvgIpc) is 1.80. The van der Waals surface area contributed by atoms with Gasteiger partial charge in [-0.25, -0.2) is 0 Å². The molecule has 1 aliphatic heterocycles. The van der Waals surface area contributed by atoms with E-state index in [1.807, 2.05) is 0 Å². The molecule has 0 aromatic heterocycles. The lowest BCUT2D eigenvalue weighted by Gasteiger charge is -2.30. The van der Waals surface area contributed by atoms with Gasteiger partial charge in [0.2, 0.25) is 0 Å². The highest BCUT2D eigenvalue weighted by Gasteiger charge is 2.14. The van der Waals surface area contributed by atoms with Crippen LogP contribution in [-0.2, 0) is 0 Å². The van der Waals surface area contributed by atoms with Crippen LogP contribution in [0.4, 0.5) is 0 Å². The lowest BCUT2D eigenvalue weighted by Crippen LogP contribution is -2.28. The molecule has 0 saturated carbocycles. The fourth-order valence-corrected chi connectivity index (χ4v) is 1.29. The zero-order valence-electron chi connectivity index (χ0n) is 6.35. The van der Waals surface area contributed by atoms with Crippen molar-refractivity contribution in [2.75, 3.05) is 13.6 Å². The summed E-state index contributed by atoms with van der Waals surface area (Å²) >= 11 is 0. The van der Waals surface area contributed by atoms with Gasteiger partial charge >= 0.3 is 0 Å². The third kappa shape index (κ3) is 1.47. The van der Waals surface area contributed by atoms with E-state index in [1.165, 1.54) is 25.1 Å². The van der Waals surface area contributed by atoms with Crippen molar-refractivity contribution in [1.29, 1.82) is 0 Å². The molecule has 0 aromatic rings. The van der Waals surface area contributed by atoms with Gasteiger partial charge in [-0.1, -0.05) is 13.5 Å². The molecule has 0 N–H and O–H groups in total. The van der Waals surface area contributed by atoms with E-state index >= 15 is 0 Å². The molecule has 1 heteroatoms. The Morgan fingerprint density at radius 1 is 1.67 bits per heavy atom. The van der Waals surface area contributed by atoms with Gasteiger partial charge in [-0.3, -0.25) is 0 Å². The Hall–Kier alpha value is -0.460. The maximum absolute atomic E-state index is 3.96. The fourth-order valence-electron chi connectivity index (χ4n) is 1.29. The standard InChI is InChI=1S/C8H15N/c1-7-4-5-8(2)9(3)6-7/h7H,2,4-6H2,1,3H3. The third-order valence-corrected chi connectivity index (χ3v) is 2.05. The second-order valence-corrected chi connectivity index (χ2v) is 3.09. The highest BCUT2D eigenvalue weighted by Crippen LogP contribution is 2.20. The quantitative estimate of drug-likeness (QED) is 0.477. The molecule has 0 aliphatic carbocycles. The van der Waals surface area contributed by atoms with E-state index in [1.54, 1.807) is 0 Å². The van der Waals surface area contributed by atoms with Crippen LogP contribution in [0, 0.1) is 5.92 Å². The molecule has 9 heavy (non-hydrogen) atoms. The topological polar surface area (TPSA) is 3.24 Å². The molecular weight excluding hydrogens is 110 g/mol. The van der Waals surface area contributed by atoms with Crippen molar-refractivity contribution >= 4 is 0 Å². The largest absolute Gasteiger partial charge is 0.378 e. The van der Waals surface area contributed by atoms with E-state index in [2.05, 4.69) is 25.5 Å². The van der Waals surface area contributed by atoms with Crippen LogP contribution in [-0.4, -0.2) is 18.5 Å². The van der Waals surface area contributed by atoms with E-state index in [9.17, 15) is 0 Å². The van der Waals surface area contributed by atoms with Crippen LogP contribution in [0.1, 0.15) is 19.8 Å². The lowest BCUT2D eigenvalue weighted by atomic mass is 9.99. The summed E-state index contributed by atoms with van der Waals surface area (Å²) < 4.78 is 0. The molecule has 1 rings (SSSR count).